The second-order valence-electron chi connectivity index (χ2n) is 4.66. The SMILES string of the molecule is O=C(/C=C/c1ccc(F)cc1)c1ccc(OCCCBr)cc1. The number of ether oxygens (including phenoxy) is 1. The summed E-state index contributed by atoms with van der Waals surface area (Å²) in [5.74, 6) is 0.357. The number of carbonyl (C=O) groups excluding carboxylic acids is 1. The molecule has 0 radical (unpaired) electrons. The third kappa shape index (κ3) is 5.11. The van der Waals surface area contributed by atoms with Gasteiger partial charge in [-0.2, -0.15) is 0 Å². The maximum atomic E-state index is 12.8. The van der Waals surface area contributed by atoms with Crippen LogP contribution in [0.1, 0.15) is 22.3 Å². The monoisotopic (exact) mass is 362 g/mol. The quantitative estimate of drug-likeness (QED) is 0.303. The number of hydrogen-bond acceptors (Lipinski definition) is 2. The lowest BCUT2D eigenvalue weighted by Crippen LogP contribution is -1.99. The summed E-state index contributed by atoms with van der Waals surface area (Å²) in [7, 11) is 0. The van der Waals surface area contributed by atoms with Crippen LogP contribution in [0.25, 0.3) is 6.08 Å². The van der Waals surface area contributed by atoms with Crippen LogP contribution in [0, 0.1) is 5.82 Å². The number of carbonyl (C=O) groups is 1. The van der Waals surface area contributed by atoms with E-state index in [0.29, 0.717) is 12.2 Å². The minimum Gasteiger partial charge on any atom is -0.494 e. The molecule has 2 aromatic carbocycles. The van der Waals surface area contributed by atoms with Crippen LogP contribution in [0.3, 0.4) is 0 Å². The van der Waals surface area contributed by atoms with E-state index in [9.17, 15) is 9.18 Å². The van der Waals surface area contributed by atoms with Crippen LogP contribution in [-0.2, 0) is 0 Å². The van der Waals surface area contributed by atoms with Crippen molar-refractivity contribution in [2.75, 3.05) is 11.9 Å². The molecule has 0 unspecified atom stereocenters. The Balaban J connectivity index is 1.96. The number of ketones is 1. The van der Waals surface area contributed by atoms with Crippen molar-refractivity contribution in [1.82, 2.24) is 0 Å². The molecule has 0 N–H and O–H groups in total. The predicted octanol–water partition coefficient (Wildman–Crippen LogP) is 4.89. The fourth-order valence-electron chi connectivity index (χ4n) is 1.80. The summed E-state index contributed by atoms with van der Waals surface area (Å²) in [6, 6.07) is 13.0. The first-order chi connectivity index (χ1) is 10.7. The predicted molar refractivity (Wildman–Crippen MR) is 90.1 cm³/mol. The van der Waals surface area contributed by atoms with Crippen LogP contribution < -0.4 is 4.74 Å². The molecule has 22 heavy (non-hydrogen) atoms. The van der Waals surface area contributed by atoms with Crippen molar-refractivity contribution in [2.45, 2.75) is 6.42 Å². The molecule has 0 aromatic heterocycles. The topological polar surface area (TPSA) is 26.3 Å². The first kappa shape index (κ1) is 16.4. The van der Waals surface area contributed by atoms with E-state index in [1.54, 1.807) is 42.5 Å². The van der Waals surface area contributed by atoms with E-state index in [1.807, 2.05) is 0 Å². The summed E-state index contributed by atoms with van der Waals surface area (Å²) in [5, 5.41) is 0.901. The molecule has 0 atom stereocenters. The van der Waals surface area contributed by atoms with Crippen molar-refractivity contribution in [1.29, 1.82) is 0 Å². The highest BCUT2D eigenvalue weighted by Crippen LogP contribution is 2.14. The molecule has 2 rings (SSSR count). The fraction of sp³-hybridized carbons (Fsp3) is 0.167. The van der Waals surface area contributed by atoms with Crippen molar-refractivity contribution in [3.8, 4) is 5.75 Å². The second kappa shape index (κ2) is 8.49. The van der Waals surface area contributed by atoms with Gasteiger partial charge >= 0.3 is 0 Å². The largest absolute Gasteiger partial charge is 0.494 e. The van der Waals surface area contributed by atoms with E-state index in [2.05, 4.69) is 15.9 Å². The average Bonchev–Trinajstić information content (AvgIpc) is 2.55. The van der Waals surface area contributed by atoms with E-state index in [1.165, 1.54) is 18.2 Å². The number of halogens is 2. The van der Waals surface area contributed by atoms with Crippen molar-refractivity contribution < 1.29 is 13.9 Å². The lowest BCUT2D eigenvalue weighted by atomic mass is 10.1. The third-order valence-corrected chi connectivity index (χ3v) is 3.54. The second-order valence-corrected chi connectivity index (χ2v) is 5.46. The van der Waals surface area contributed by atoms with Crippen LogP contribution in [0.2, 0.25) is 0 Å². The lowest BCUT2D eigenvalue weighted by molar-refractivity contribution is 0.104. The van der Waals surface area contributed by atoms with E-state index in [0.717, 1.165) is 23.1 Å². The molecule has 0 bridgehead atoms. The summed E-state index contributed by atoms with van der Waals surface area (Å²) >= 11 is 3.34. The van der Waals surface area contributed by atoms with Crippen LogP contribution >= 0.6 is 15.9 Å². The maximum Gasteiger partial charge on any atom is 0.185 e. The third-order valence-electron chi connectivity index (χ3n) is 2.98. The van der Waals surface area contributed by atoms with Crippen LogP contribution in [0.5, 0.6) is 5.75 Å². The molecule has 0 saturated heterocycles. The normalized spacial score (nSPS) is 10.8. The Bertz CT molecular complexity index is 633. The zero-order valence-corrected chi connectivity index (χ0v) is 13.6. The molecular weight excluding hydrogens is 347 g/mol. The van der Waals surface area contributed by atoms with Crippen molar-refractivity contribution >= 4 is 27.8 Å². The standard InChI is InChI=1S/C18H16BrFO2/c19-12-1-13-22-17-9-5-15(6-10-17)18(21)11-4-14-2-7-16(20)8-3-14/h2-11H,1,12-13H2/b11-4+. The lowest BCUT2D eigenvalue weighted by Gasteiger charge is -2.05. The zero-order chi connectivity index (χ0) is 15.8. The Morgan fingerprint density at radius 2 is 1.77 bits per heavy atom. The highest BCUT2D eigenvalue weighted by molar-refractivity contribution is 9.09. The van der Waals surface area contributed by atoms with Crippen molar-refractivity contribution in [2.24, 2.45) is 0 Å². The van der Waals surface area contributed by atoms with Gasteiger partial charge in [0.05, 0.1) is 6.61 Å². The van der Waals surface area contributed by atoms with Gasteiger partial charge in [-0.05, 0) is 54.5 Å². The molecule has 2 nitrogen and oxygen atoms in total. The van der Waals surface area contributed by atoms with E-state index in [4.69, 9.17) is 4.74 Å². The van der Waals surface area contributed by atoms with Gasteiger partial charge in [-0.15, -0.1) is 0 Å². The highest BCUT2D eigenvalue weighted by atomic mass is 79.9. The smallest absolute Gasteiger partial charge is 0.185 e. The Kier molecular flexibility index (Phi) is 6.34. The molecule has 0 heterocycles. The molecule has 0 spiro atoms. The average molecular weight is 363 g/mol. The Morgan fingerprint density at radius 3 is 2.41 bits per heavy atom. The van der Waals surface area contributed by atoms with Gasteiger partial charge in [0.15, 0.2) is 5.78 Å². The minimum atomic E-state index is -0.293. The van der Waals surface area contributed by atoms with E-state index >= 15 is 0 Å². The summed E-state index contributed by atoms with van der Waals surface area (Å²) in [5.41, 5.74) is 1.37. The maximum absolute atomic E-state index is 12.8. The van der Waals surface area contributed by atoms with Gasteiger partial charge < -0.3 is 4.74 Å². The molecule has 2 aromatic rings. The Morgan fingerprint density at radius 1 is 1.09 bits per heavy atom. The molecule has 0 aliphatic rings. The fourth-order valence-corrected chi connectivity index (χ4v) is 2.03. The van der Waals surface area contributed by atoms with Crippen molar-refractivity contribution in [3.05, 3.63) is 71.6 Å². The minimum absolute atomic E-state index is 0.101. The van der Waals surface area contributed by atoms with Gasteiger partial charge in [-0.3, -0.25) is 4.79 Å². The Labute approximate surface area is 137 Å². The summed E-state index contributed by atoms with van der Waals surface area (Å²) in [6.45, 7) is 0.642. The molecule has 4 heteroatoms. The van der Waals surface area contributed by atoms with Gasteiger partial charge in [0.1, 0.15) is 11.6 Å². The first-order valence-corrected chi connectivity index (χ1v) is 8.08. The molecule has 0 fully saturated rings. The van der Waals surface area contributed by atoms with Crippen LogP contribution in [0.15, 0.2) is 54.6 Å². The van der Waals surface area contributed by atoms with Crippen LogP contribution in [-0.4, -0.2) is 17.7 Å². The highest BCUT2D eigenvalue weighted by Gasteiger charge is 2.02. The van der Waals surface area contributed by atoms with E-state index in [-0.39, 0.29) is 11.6 Å². The summed E-state index contributed by atoms with van der Waals surface area (Å²) < 4.78 is 18.3. The van der Waals surface area contributed by atoms with Crippen molar-refractivity contribution in [3.63, 3.8) is 0 Å². The van der Waals surface area contributed by atoms with Gasteiger partial charge in [-0.25, -0.2) is 4.39 Å². The summed E-state index contributed by atoms with van der Waals surface area (Å²) in [4.78, 5) is 12.0. The molecule has 114 valence electrons. The van der Waals surface area contributed by atoms with Gasteiger partial charge in [0.25, 0.3) is 0 Å². The number of benzene rings is 2. The number of allylic oxidation sites excluding steroid dienone is 1. The van der Waals surface area contributed by atoms with E-state index < -0.39 is 0 Å². The summed E-state index contributed by atoms with van der Waals surface area (Å²) in [6.07, 6.45) is 4.08. The Hall–Kier alpha value is -1.94. The van der Waals surface area contributed by atoms with Gasteiger partial charge in [-0.1, -0.05) is 34.1 Å². The molecule has 0 aliphatic carbocycles. The molecule has 0 amide bonds. The zero-order valence-electron chi connectivity index (χ0n) is 12.0. The number of rotatable bonds is 7. The molecule has 0 aliphatic heterocycles. The molecule has 0 saturated carbocycles. The number of hydrogen-bond donors (Lipinski definition) is 0. The first-order valence-electron chi connectivity index (χ1n) is 6.96. The van der Waals surface area contributed by atoms with Crippen LogP contribution in [0.4, 0.5) is 4.39 Å². The van der Waals surface area contributed by atoms with Gasteiger partial charge in [0, 0.05) is 10.9 Å². The molecular formula is C18H16BrFO2. The van der Waals surface area contributed by atoms with Gasteiger partial charge in [0.2, 0.25) is 0 Å². The number of alkyl halides is 1.